The molecule has 3 aromatic rings. The molecule has 0 atom stereocenters. The Morgan fingerprint density at radius 3 is 2.68 bits per heavy atom. The van der Waals surface area contributed by atoms with Gasteiger partial charge in [-0.15, -0.1) is 0 Å². The van der Waals surface area contributed by atoms with E-state index in [2.05, 4.69) is 4.99 Å². The molecular formula is C18H16N2O4S. The van der Waals surface area contributed by atoms with Gasteiger partial charge in [0.1, 0.15) is 12.3 Å². The van der Waals surface area contributed by atoms with Crippen LogP contribution in [-0.2, 0) is 16.1 Å². The lowest BCUT2D eigenvalue weighted by Crippen LogP contribution is -2.22. The highest BCUT2D eigenvalue weighted by Crippen LogP contribution is 2.17. The summed E-state index contributed by atoms with van der Waals surface area (Å²) in [6.45, 7) is -0.00919. The van der Waals surface area contributed by atoms with Gasteiger partial charge in [0.15, 0.2) is 4.80 Å². The van der Waals surface area contributed by atoms with Gasteiger partial charge >= 0.3 is 5.97 Å². The predicted molar refractivity (Wildman–Crippen MR) is 94.7 cm³/mol. The SMILES string of the molecule is COC(=O)Cn1c(=NC(=O)c2cccc(OC)c2)sc2ccccc21. The summed E-state index contributed by atoms with van der Waals surface area (Å²) in [7, 11) is 2.87. The molecule has 0 spiro atoms. The molecule has 0 N–H and O–H groups in total. The van der Waals surface area contributed by atoms with Crippen LogP contribution in [0.2, 0.25) is 0 Å². The highest BCUT2D eigenvalue weighted by atomic mass is 32.1. The number of para-hydroxylation sites is 1. The fraction of sp³-hybridized carbons (Fsp3) is 0.167. The summed E-state index contributed by atoms with van der Waals surface area (Å²) < 4.78 is 12.5. The third-order valence-corrected chi connectivity index (χ3v) is 4.68. The highest BCUT2D eigenvalue weighted by Gasteiger charge is 2.12. The molecule has 0 aliphatic heterocycles. The van der Waals surface area contributed by atoms with E-state index in [0.29, 0.717) is 16.1 Å². The fourth-order valence-electron chi connectivity index (χ4n) is 2.36. The Balaban J connectivity index is 2.09. The number of carbonyl (C=O) groups is 2. The number of rotatable bonds is 4. The number of thiazole rings is 1. The van der Waals surface area contributed by atoms with Gasteiger partial charge in [-0.2, -0.15) is 4.99 Å². The molecule has 0 aliphatic rings. The van der Waals surface area contributed by atoms with E-state index in [4.69, 9.17) is 9.47 Å². The summed E-state index contributed by atoms with van der Waals surface area (Å²) in [4.78, 5) is 28.9. The quantitative estimate of drug-likeness (QED) is 0.674. The monoisotopic (exact) mass is 356 g/mol. The first-order valence-electron chi connectivity index (χ1n) is 7.50. The van der Waals surface area contributed by atoms with Crippen LogP contribution < -0.4 is 9.54 Å². The van der Waals surface area contributed by atoms with Crippen molar-refractivity contribution < 1.29 is 19.1 Å². The number of hydrogen-bond donors (Lipinski definition) is 0. The maximum Gasteiger partial charge on any atom is 0.325 e. The van der Waals surface area contributed by atoms with Crippen molar-refractivity contribution in [3.8, 4) is 5.75 Å². The lowest BCUT2D eigenvalue weighted by molar-refractivity contribution is -0.141. The van der Waals surface area contributed by atoms with E-state index in [0.717, 1.165) is 10.2 Å². The van der Waals surface area contributed by atoms with Crippen molar-refractivity contribution in [1.82, 2.24) is 4.57 Å². The van der Waals surface area contributed by atoms with Gasteiger partial charge in [0.05, 0.1) is 24.4 Å². The molecule has 128 valence electrons. The molecule has 0 saturated heterocycles. The van der Waals surface area contributed by atoms with Crippen LogP contribution in [0, 0.1) is 0 Å². The predicted octanol–water partition coefficient (Wildman–Crippen LogP) is 2.63. The van der Waals surface area contributed by atoms with Crippen molar-refractivity contribution in [2.75, 3.05) is 14.2 Å². The van der Waals surface area contributed by atoms with Gasteiger partial charge in [0.25, 0.3) is 5.91 Å². The van der Waals surface area contributed by atoms with Crippen molar-refractivity contribution in [3.63, 3.8) is 0 Å². The molecule has 0 fully saturated rings. The second-order valence-corrected chi connectivity index (χ2v) is 6.17. The Bertz CT molecular complexity index is 1000. The van der Waals surface area contributed by atoms with Crippen LogP contribution in [0.15, 0.2) is 53.5 Å². The molecule has 7 heteroatoms. The third-order valence-electron chi connectivity index (χ3n) is 3.62. The minimum atomic E-state index is -0.404. The molecule has 0 aliphatic carbocycles. The zero-order chi connectivity index (χ0) is 17.8. The van der Waals surface area contributed by atoms with Gasteiger partial charge in [-0.05, 0) is 30.3 Å². The number of carbonyl (C=O) groups excluding carboxylic acids is 2. The maximum atomic E-state index is 12.5. The molecule has 0 saturated carbocycles. The number of nitrogens with zero attached hydrogens (tertiary/aromatic N) is 2. The van der Waals surface area contributed by atoms with Gasteiger partial charge in [-0.25, -0.2) is 0 Å². The molecule has 25 heavy (non-hydrogen) atoms. The summed E-state index contributed by atoms with van der Waals surface area (Å²) in [6.07, 6.45) is 0. The maximum absolute atomic E-state index is 12.5. The molecule has 0 bridgehead atoms. The number of hydrogen-bond acceptors (Lipinski definition) is 5. The number of esters is 1. The molecular weight excluding hydrogens is 340 g/mol. The largest absolute Gasteiger partial charge is 0.497 e. The van der Waals surface area contributed by atoms with Crippen LogP contribution in [0.5, 0.6) is 5.75 Å². The molecule has 1 heterocycles. The first-order chi connectivity index (χ1) is 12.1. The number of aromatic nitrogens is 1. The van der Waals surface area contributed by atoms with Crippen molar-refractivity contribution in [2.24, 2.45) is 4.99 Å². The van der Waals surface area contributed by atoms with Crippen molar-refractivity contribution in [3.05, 3.63) is 58.9 Å². The average molecular weight is 356 g/mol. The van der Waals surface area contributed by atoms with Gasteiger partial charge < -0.3 is 14.0 Å². The van der Waals surface area contributed by atoms with Crippen LogP contribution in [0.1, 0.15) is 10.4 Å². The lowest BCUT2D eigenvalue weighted by Gasteiger charge is -2.03. The minimum Gasteiger partial charge on any atom is -0.497 e. The van der Waals surface area contributed by atoms with Gasteiger partial charge in [0, 0.05) is 5.56 Å². The summed E-state index contributed by atoms with van der Waals surface area (Å²) in [5, 5.41) is 0. The standard InChI is InChI=1S/C18H16N2O4S/c1-23-13-7-5-6-12(10-13)17(22)19-18-20(11-16(21)24-2)14-8-3-4-9-15(14)25-18/h3-10H,11H2,1-2H3. The number of fused-ring (bicyclic) bond motifs is 1. The average Bonchev–Trinajstić information content (AvgIpc) is 2.98. The van der Waals surface area contributed by atoms with Crippen LogP contribution in [0.3, 0.4) is 0 Å². The van der Waals surface area contributed by atoms with E-state index >= 15 is 0 Å². The Kier molecular flexibility index (Phi) is 4.95. The van der Waals surface area contributed by atoms with Gasteiger partial charge in [0.2, 0.25) is 0 Å². The number of methoxy groups -OCH3 is 2. The van der Waals surface area contributed by atoms with Crippen molar-refractivity contribution >= 4 is 33.4 Å². The molecule has 2 aromatic carbocycles. The Morgan fingerprint density at radius 2 is 1.92 bits per heavy atom. The first-order valence-corrected chi connectivity index (χ1v) is 8.32. The van der Waals surface area contributed by atoms with Crippen molar-refractivity contribution in [1.29, 1.82) is 0 Å². The molecule has 0 radical (unpaired) electrons. The summed E-state index contributed by atoms with van der Waals surface area (Å²) in [6, 6.07) is 14.4. The Labute approximate surface area is 148 Å². The normalized spacial score (nSPS) is 11.5. The number of ether oxygens (including phenoxy) is 2. The van der Waals surface area contributed by atoms with Crippen LogP contribution in [-0.4, -0.2) is 30.7 Å². The van der Waals surface area contributed by atoms with Gasteiger partial charge in [-0.1, -0.05) is 29.5 Å². The number of amides is 1. The first kappa shape index (κ1) is 16.9. The summed E-state index contributed by atoms with van der Waals surface area (Å²) >= 11 is 1.35. The van der Waals surface area contributed by atoms with Crippen molar-refractivity contribution in [2.45, 2.75) is 6.54 Å². The summed E-state index contributed by atoms with van der Waals surface area (Å²) in [5.41, 5.74) is 1.25. The second kappa shape index (κ2) is 7.31. The smallest absolute Gasteiger partial charge is 0.325 e. The summed E-state index contributed by atoms with van der Waals surface area (Å²) in [5.74, 6) is -0.220. The zero-order valence-electron chi connectivity index (χ0n) is 13.8. The third kappa shape index (κ3) is 3.61. The lowest BCUT2D eigenvalue weighted by atomic mass is 10.2. The number of benzene rings is 2. The molecule has 0 unspecified atom stereocenters. The highest BCUT2D eigenvalue weighted by molar-refractivity contribution is 7.16. The second-order valence-electron chi connectivity index (χ2n) is 5.16. The fourth-order valence-corrected chi connectivity index (χ4v) is 3.39. The molecule has 1 aromatic heterocycles. The van der Waals surface area contributed by atoms with E-state index in [-0.39, 0.29) is 6.54 Å². The van der Waals surface area contributed by atoms with Crippen LogP contribution >= 0.6 is 11.3 Å². The van der Waals surface area contributed by atoms with Crippen LogP contribution in [0.25, 0.3) is 10.2 Å². The van der Waals surface area contributed by atoms with E-state index in [1.807, 2.05) is 24.3 Å². The van der Waals surface area contributed by atoms with Crippen LogP contribution in [0.4, 0.5) is 0 Å². The Hall–Kier alpha value is -2.93. The van der Waals surface area contributed by atoms with E-state index in [9.17, 15) is 9.59 Å². The molecule has 1 amide bonds. The minimum absolute atomic E-state index is 0.00919. The van der Waals surface area contributed by atoms with E-state index < -0.39 is 11.9 Å². The van der Waals surface area contributed by atoms with Gasteiger partial charge in [-0.3, -0.25) is 9.59 Å². The molecule has 6 nitrogen and oxygen atoms in total. The molecule has 3 rings (SSSR count). The zero-order valence-corrected chi connectivity index (χ0v) is 14.6. The van der Waals surface area contributed by atoms with E-state index in [1.54, 1.807) is 28.8 Å². The Morgan fingerprint density at radius 1 is 1.12 bits per heavy atom. The van der Waals surface area contributed by atoms with E-state index in [1.165, 1.54) is 25.6 Å². The topological polar surface area (TPSA) is 69.9 Å².